The molecule has 92 valence electrons. The van der Waals surface area contributed by atoms with E-state index >= 15 is 0 Å². The molecule has 2 rings (SSSR count). The number of rotatable bonds is 3. The van der Waals surface area contributed by atoms with Crippen LogP contribution in [0, 0.1) is 11.8 Å². The second-order valence-corrected chi connectivity index (χ2v) is 4.02. The minimum absolute atomic E-state index is 1.02. The van der Waals surface area contributed by atoms with E-state index in [1.807, 2.05) is 26.0 Å². The average Bonchev–Trinajstić information content (AvgIpc) is 2.96. The Morgan fingerprint density at radius 1 is 1.31 bits per heavy atom. The molecule has 1 saturated carbocycles. The van der Waals surface area contributed by atoms with Crippen molar-refractivity contribution in [3.05, 3.63) is 37.0 Å². The van der Waals surface area contributed by atoms with Gasteiger partial charge in [-0.25, -0.2) is 0 Å². The third-order valence-electron chi connectivity index (χ3n) is 2.80. The van der Waals surface area contributed by atoms with E-state index in [0.717, 1.165) is 23.8 Å². The first kappa shape index (κ1) is 15.2. The van der Waals surface area contributed by atoms with Gasteiger partial charge in [0.2, 0.25) is 0 Å². The molecule has 1 aliphatic carbocycles. The van der Waals surface area contributed by atoms with Crippen molar-refractivity contribution in [1.82, 2.24) is 5.32 Å². The number of piperidine rings is 1. The molecular formula is C15H27N. The Hall–Kier alpha value is -0.820. The predicted molar refractivity (Wildman–Crippen MR) is 74.6 cm³/mol. The molecule has 1 N–H and O–H groups in total. The van der Waals surface area contributed by atoms with Crippen molar-refractivity contribution in [2.24, 2.45) is 11.8 Å². The van der Waals surface area contributed by atoms with Crippen LogP contribution in [0.25, 0.3) is 0 Å². The van der Waals surface area contributed by atoms with Crippen molar-refractivity contribution >= 4 is 0 Å². The number of fused-ring (bicyclic) bond motifs is 1. The molecular weight excluding hydrogens is 194 g/mol. The average molecular weight is 221 g/mol. The van der Waals surface area contributed by atoms with Crippen LogP contribution >= 0.6 is 0 Å². The van der Waals surface area contributed by atoms with Crippen molar-refractivity contribution in [3.8, 4) is 0 Å². The van der Waals surface area contributed by atoms with Crippen LogP contribution in [0.2, 0.25) is 0 Å². The molecule has 2 atom stereocenters. The van der Waals surface area contributed by atoms with Crippen molar-refractivity contribution in [2.75, 3.05) is 13.1 Å². The molecule has 1 saturated heterocycles. The van der Waals surface area contributed by atoms with E-state index in [0.29, 0.717) is 0 Å². The molecule has 0 aromatic carbocycles. The summed E-state index contributed by atoms with van der Waals surface area (Å²) in [6.07, 6.45) is 8.15. The van der Waals surface area contributed by atoms with Gasteiger partial charge in [0.1, 0.15) is 0 Å². The molecule has 1 heterocycles. The van der Waals surface area contributed by atoms with E-state index in [-0.39, 0.29) is 0 Å². The van der Waals surface area contributed by atoms with E-state index in [2.05, 4.69) is 25.4 Å². The van der Waals surface area contributed by atoms with Crippen LogP contribution < -0.4 is 5.32 Å². The molecule has 2 fully saturated rings. The van der Waals surface area contributed by atoms with Crippen molar-refractivity contribution in [3.63, 3.8) is 0 Å². The largest absolute Gasteiger partial charge is 0.316 e. The van der Waals surface area contributed by atoms with Gasteiger partial charge < -0.3 is 5.32 Å². The summed E-state index contributed by atoms with van der Waals surface area (Å²) in [4.78, 5) is 0. The molecule has 1 heteroatoms. The summed E-state index contributed by atoms with van der Waals surface area (Å²) >= 11 is 0. The van der Waals surface area contributed by atoms with Gasteiger partial charge in [-0.2, -0.15) is 0 Å². The summed E-state index contributed by atoms with van der Waals surface area (Å²) in [6, 6.07) is 0. The molecule has 0 aromatic rings. The highest BCUT2D eigenvalue weighted by molar-refractivity contribution is 5.17. The van der Waals surface area contributed by atoms with Crippen LogP contribution in [-0.2, 0) is 0 Å². The van der Waals surface area contributed by atoms with Gasteiger partial charge in [0.05, 0.1) is 0 Å². The fourth-order valence-corrected chi connectivity index (χ4v) is 1.59. The van der Waals surface area contributed by atoms with Gasteiger partial charge in [-0.15, -0.1) is 0 Å². The number of hydrogen-bond acceptors (Lipinski definition) is 1. The second kappa shape index (κ2) is 9.41. The predicted octanol–water partition coefficient (Wildman–Crippen LogP) is 3.95. The molecule has 0 amide bonds. The van der Waals surface area contributed by atoms with Gasteiger partial charge in [-0.3, -0.25) is 0 Å². The maximum absolute atomic E-state index is 3.78. The summed E-state index contributed by atoms with van der Waals surface area (Å²) in [7, 11) is 0. The normalized spacial score (nSPS) is 24.7. The van der Waals surface area contributed by atoms with Gasteiger partial charge in [0, 0.05) is 0 Å². The van der Waals surface area contributed by atoms with Crippen LogP contribution in [-0.4, -0.2) is 13.1 Å². The molecule has 0 bridgehead atoms. The summed E-state index contributed by atoms with van der Waals surface area (Å²) < 4.78 is 0. The van der Waals surface area contributed by atoms with E-state index in [4.69, 9.17) is 0 Å². The Bertz CT molecular complexity index is 220. The lowest BCUT2D eigenvalue weighted by Gasteiger charge is -1.87. The Morgan fingerprint density at radius 2 is 1.88 bits per heavy atom. The molecule has 16 heavy (non-hydrogen) atoms. The van der Waals surface area contributed by atoms with Crippen LogP contribution in [0.5, 0.6) is 0 Å². The zero-order valence-electron chi connectivity index (χ0n) is 11.1. The second-order valence-electron chi connectivity index (χ2n) is 4.02. The monoisotopic (exact) mass is 221 g/mol. The summed E-state index contributed by atoms with van der Waals surface area (Å²) in [5.41, 5.74) is 1.14. The van der Waals surface area contributed by atoms with Crippen LogP contribution in [0.3, 0.4) is 0 Å². The first-order valence-corrected chi connectivity index (χ1v) is 6.45. The Balaban J connectivity index is 0.000000247. The zero-order chi connectivity index (χ0) is 12.4. The van der Waals surface area contributed by atoms with Gasteiger partial charge in [-0.05, 0) is 37.8 Å². The van der Waals surface area contributed by atoms with E-state index in [9.17, 15) is 0 Å². The highest BCUT2D eigenvalue weighted by Gasteiger charge is 2.40. The van der Waals surface area contributed by atoms with Crippen LogP contribution in [0.1, 0.15) is 33.6 Å². The number of nitrogens with one attached hydrogen (secondary N) is 1. The molecule has 0 aromatic heterocycles. The van der Waals surface area contributed by atoms with Crippen LogP contribution in [0.4, 0.5) is 0 Å². The lowest BCUT2D eigenvalue weighted by atomic mass is 10.2. The first-order chi connectivity index (χ1) is 7.77. The third-order valence-corrected chi connectivity index (χ3v) is 2.80. The minimum atomic E-state index is 1.02. The maximum atomic E-state index is 3.78. The SMILES string of the molecule is C1NCC2CC12.C=C/C=C\C(=C)CC.CC. The molecule has 2 unspecified atom stereocenters. The number of allylic oxidation sites excluding steroid dienone is 4. The third kappa shape index (κ3) is 6.62. The summed E-state index contributed by atoms with van der Waals surface area (Å²) in [5, 5.41) is 3.32. The molecule has 0 spiro atoms. The van der Waals surface area contributed by atoms with E-state index < -0.39 is 0 Å². The van der Waals surface area contributed by atoms with Crippen molar-refractivity contribution < 1.29 is 0 Å². The quantitative estimate of drug-likeness (QED) is 0.712. The minimum Gasteiger partial charge on any atom is -0.316 e. The van der Waals surface area contributed by atoms with Gasteiger partial charge >= 0.3 is 0 Å². The first-order valence-electron chi connectivity index (χ1n) is 6.45. The summed E-state index contributed by atoms with van der Waals surface area (Å²) in [6.45, 7) is 16.0. The number of hydrogen-bond donors (Lipinski definition) is 1. The molecule has 1 nitrogen and oxygen atoms in total. The topological polar surface area (TPSA) is 12.0 Å². The van der Waals surface area contributed by atoms with Crippen LogP contribution in [0.15, 0.2) is 37.0 Å². The Kier molecular flexibility index (Phi) is 8.93. The lowest BCUT2D eigenvalue weighted by Crippen LogP contribution is -2.10. The fourth-order valence-electron chi connectivity index (χ4n) is 1.59. The van der Waals surface area contributed by atoms with Gasteiger partial charge in [0.25, 0.3) is 0 Å². The molecule has 2 aliphatic rings. The zero-order valence-corrected chi connectivity index (χ0v) is 11.1. The smallest absolute Gasteiger partial charge is 0.00172 e. The maximum Gasteiger partial charge on any atom is -0.00172 e. The Labute approximate surface area is 101 Å². The summed E-state index contributed by atoms with van der Waals surface area (Å²) in [5.74, 6) is 2.20. The highest BCUT2D eigenvalue weighted by Crippen LogP contribution is 2.40. The molecule has 1 aliphatic heterocycles. The van der Waals surface area contributed by atoms with Crippen molar-refractivity contribution in [1.29, 1.82) is 0 Å². The van der Waals surface area contributed by atoms with Gasteiger partial charge in [-0.1, -0.05) is 57.7 Å². The Morgan fingerprint density at radius 3 is 2.12 bits per heavy atom. The standard InChI is InChI=1S/C8H12.C5H9N.C2H6/c1-4-6-7-8(3)5-2;1-4-2-6-3-5(1)4;1-2/h4,6-7H,1,3,5H2,2H3;4-6H,1-3H2;1-2H3/b7-6-;;. The van der Waals surface area contributed by atoms with E-state index in [1.54, 1.807) is 6.08 Å². The highest BCUT2D eigenvalue weighted by atomic mass is 14.9. The molecule has 0 radical (unpaired) electrons. The van der Waals surface area contributed by atoms with Gasteiger partial charge in [0.15, 0.2) is 0 Å². The van der Waals surface area contributed by atoms with Crippen molar-refractivity contribution in [2.45, 2.75) is 33.6 Å². The lowest BCUT2D eigenvalue weighted by molar-refractivity contribution is 0.732. The fraction of sp³-hybridized carbons (Fsp3) is 0.600. The van der Waals surface area contributed by atoms with E-state index in [1.165, 1.54) is 19.5 Å².